The number of amides is 1. The van der Waals surface area contributed by atoms with Crippen molar-refractivity contribution in [2.75, 3.05) is 5.32 Å². The molecule has 0 saturated heterocycles. The summed E-state index contributed by atoms with van der Waals surface area (Å²) in [5, 5.41) is 6.00. The molecule has 2 aromatic heterocycles. The molecule has 3 rings (SSSR count). The normalized spacial score (nSPS) is 10.8. The first-order valence-corrected chi connectivity index (χ1v) is 8.10. The smallest absolute Gasteiger partial charge is 0.305 e. The molecule has 2 heterocycles. The fraction of sp³-hybridized carbons (Fsp3) is 0.167. The largest absolute Gasteiger partial charge is 0.417 e. The zero-order valence-electron chi connectivity index (χ0n) is 14.8. The van der Waals surface area contributed by atoms with E-state index in [0.29, 0.717) is 6.07 Å². The number of alkyl halides is 3. The summed E-state index contributed by atoms with van der Waals surface area (Å²) in [4.78, 5) is 15.7. The molecule has 0 fully saturated rings. The molecule has 0 aliphatic rings. The third kappa shape index (κ3) is 4.70. The molecule has 0 atom stereocenters. The van der Waals surface area contributed by atoms with E-state index >= 15 is 0 Å². The van der Waals surface area contributed by atoms with Gasteiger partial charge in [-0.05, 0) is 12.1 Å². The topological polar surface area (TPSA) is 59.8 Å². The highest BCUT2D eigenvalue weighted by molar-refractivity contribution is 6.04. The minimum atomic E-state index is -4.70. The number of hydrogen-bond acceptors (Lipinski definition) is 3. The van der Waals surface area contributed by atoms with E-state index in [1.165, 1.54) is 18.3 Å². The summed E-state index contributed by atoms with van der Waals surface area (Å²) in [6.07, 6.45) is -2.71. The van der Waals surface area contributed by atoms with Gasteiger partial charge in [-0.15, -0.1) is 5.10 Å². The van der Waals surface area contributed by atoms with Crippen LogP contribution in [0.2, 0.25) is 0 Å². The zero-order chi connectivity index (χ0) is 20.9. The van der Waals surface area contributed by atoms with Gasteiger partial charge in [-0.1, -0.05) is 26.0 Å². The van der Waals surface area contributed by atoms with Gasteiger partial charge in [0.25, 0.3) is 5.91 Å². The molecule has 1 aromatic carbocycles. The number of benzene rings is 1. The van der Waals surface area contributed by atoms with Crippen LogP contribution in [0.15, 0.2) is 48.8 Å². The Bertz CT molecular complexity index is 969. The van der Waals surface area contributed by atoms with Gasteiger partial charge in [0.1, 0.15) is 5.82 Å². The number of rotatable bonds is 3. The number of pyridine rings is 1. The number of aromatic nitrogens is 3. The molecule has 0 bridgehead atoms. The Morgan fingerprint density at radius 1 is 1.11 bits per heavy atom. The molecule has 1 amide bonds. The van der Waals surface area contributed by atoms with Crippen molar-refractivity contribution < 1.29 is 26.7 Å². The molecule has 0 spiro atoms. The molecule has 0 saturated carbocycles. The van der Waals surface area contributed by atoms with Crippen molar-refractivity contribution in [3.8, 4) is 5.82 Å². The summed E-state index contributed by atoms with van der Waals surface area (Å²) in [5.41, 5.74) is -1.68. The van der Waals surface area contributed by atoms with E-state index in [9.17, 15) is 26.7 Å². The number of halogens is 5. The Morgan fingerprint density at radius 2 is 1.79 bits per heavy atom. The minimum Gasteiger partial charge on any atom is -0.305 e. The maximum absolute atomic E-state index is 13.7. The summed E-state index contributed by atoms with van der Waals surface area (Å²) in [5.74, 6) is -3.36. The minimum absolute atomic E-state index is 0.127. The molecular formula is C18H15F5N4O. The number of hydrogen-bond donors (Lipinski definition) is 1. The van der Waals surface area contributed by atoms with Crippen molar-refractivity contribution in [1.29, 1.82) is 0 Å². The standard InChI is InChI=1S/C16H9F5N4O.C2H6/c17-9-7-12(18)14(22-8-9)25-6-5-13(24-25)23-15(26)10-3-1-2-4-11(10)16(19,20)21;1-2/h1-8H,(H,23,24,26);1-2H3. The third-order valence-corrected chi connectivity index (χ3v) is 3.31. The van der Waals surface area contributed by atoms with Crippen molar-refractivity contribution in [2.45, 2.75) is 20.0 Å². The number of carbonyl (C=O) groups excluding carboxylic acids is 1. The van der Waals surface area contributed by atoms with Gasteiger partial charge in [-0.25, -0.2) is 18.4 Å². The maximum Gasteiger partial charge on any atom is 0.417 e. The zero-order valence-corrected chi connectivity index (χ0v) is 14.8. The molecule has 0 aliphatic heterocycles. The highest BCUT2D eigenvalue weighted by atomic mass is 19.4. The van der Waals surface area contributed by atoms with E-state index in [0.717, 1.165) is 29.1 Å². The third-order valence-electron chi connectivity index (χ3n) is 3.31. The van der Waals surface area contributed by atoms with Crippen LogP contribution in [0.1, 0.15) is 29.8 Å². The highest BCUT2D eigenvalue weighted by Crippen LogP contribution is 2.32. The van der Waals surface area contributed by atoms with E-state index in [4.69, 9.17) is 0 Å². The van der Waals surface area contributed by atoms with Crippen molar-refractivity contribution in [1.82, 2.24) is 14.8 Å². The number of anilines is 1. The van der Waals surface area contributed by atoms with Crippen LogP contribution >= 0.6 is 0 Å². The lowest BCUT2D eigenvalue weighted by atomic mass is 10.1. The number of nitrogens with zero attached hydrogens (tertiary/aromatic N) is 3. The summed E-state index contributed by atoms with van der Waals surface area (Å²) >= 11 is 0. The fourth-order valence-corrected chi connectivity index (χ4v) is 2.20. The van der Waals surface area contributed by atoms with Crippen LogP contribution in [0, 0.1) is 11.6 Å². The van der Waals surface area contributed by atoms with Crippen molar-refractivity contribution in [2.24, 2.45) is 0 Å². The maximum atomic E-state index is 13.7. The second-order valence-electron chi connectivity index (χ2n) is 5.10. The van der Waals surface area contributed by atoms with Gasteiger partial charge in [0, 0.05) is 18.3 Å². The van der Waals surface area contributed by atoms with E-state index in [-0.39, 0.29) is 11.6 Å². The Kier molecular flexibility index (Phi) is 6.45. The first-order valence-electron chi connectivity index (χ1n) is 8.10. The predicted molar refractivity (Wildman–Crippen MR) is 92.0 cm³/mol. The molecule has 1 N–H and O–H groups in total. The van der Waals surface area contributed by atoms with Gasteiger partial charge in [-0.3, -0.25) is 4.79 Å². The monoisotopic (exact) mass is 398 g/mol. The van der Waals surface area contributed by atoms with Crippen LogP contribution < -0.4 is 5.32 Å². The van der Waals surface area contributed by atoms with Crippen molar-refractivity contribution in [3.63, 3.8) is 0 Å². The molecule has 28 heavy (non-hydrogen) atoms. The van der Waals surface area contributed by atoms with Gasteiger partial charge in [0.05, 0.1) is 17.3 Å². The molecule has 10 heteroatoms. The van der Waals surface area contributed by atoms with E-state index in [2.05, 4.69) is 15.4 Å². The van der Waals surface area contributed by atoms with E-state index in [1.807, 2.05) is 13.8 Å². The van der Waals surface area contributed by atoms with Gasteiger partial charge < -0.3 is 5.32 Å². The van der Waals surface area contributed by atoms with Crippen LogP contribution in [-0.2, 0) is 6.18 Å². The van der Waals surface area contributed by atoms with Crippen molar-refractivity contribution in [3.05, 3.63) is 71.6 Å². The van der Waals surface area contributed by atoms with Gasteiger partial charge in [-0.2, -0.15) is 13.2 Å². The van der Waals surface area contributed by atoms with Crippen LogP contribution in [0.25, 0.3) is 5.82 Å². The molecule has 148 valence electrons. The Balaban J connectivity index is 0.00000136. The lowest BCUT2D eigenvalue weighted by Gasteiger charge is -2.11. The number of nitrogens with one attached hydrogen (secondary N) is 1. The quantitative estimate of drug-likeness (QED) is 0.642. The molecule has 3 aromatic rings. The predicted octanol–water partition coefficient (Wildman–Crippen LogP) is 4.84. The fourth-order valence-electron chi connectivity index (χ4n) is 2.20. The lowest BCUT2D eigenvalue weighted by molar-refractivity contribution is -0.137. The average Bonchev–Trinajstić information content (AvgIpc) is 3.10. The second kappa shape index (κ2) is 8.59. The van der Waals surface area contributed by atoms with Gasteiger partial charge in [0.15, 0.2) is 17.5 Å². The molecule has 0 aliphatic carbocycles. The second-order valence-corrected chi connectivity index (χ2v) is 5.10. The van der Waals surface area contributed by atoms with Crippen LogP contribution in [-0.4, -0.2) is 20.7 Å². The Labute approximate surface area is 156 Å². The summed E-state index contributed by atoms with van der Waals surface area (Å²) in [7, 11) is 0. The van der Waals surface area contributed by atoms with E-state index in [1.54, 1.807) is 0 Å². The SMILES string of the molecule is CC.O=C(Nc1ccn(-c2ncc(F)cc2F)n1)c1ccccc1C(F)(F)F. The van der Waals surface area contributed by atoms with Gasteiger partial charge >= 0.3 is 6.18 Å². The molecule has 0 radical (unpaired) electrons. The average molecular weight is 398 g/mol. The molecular weight excluding hydrogens is 383 g/mol. The first kappa shape index (κ1) is 21.0. The Morgan fingerprint density at radius 3 is 2.43 bits per heavy atom. The lowest BCUT2D eigenvalue weighted by Crippen LogP contribution is -2.19. The molecule has 0 unspecified atom stereocenters. The molecule has 5 nitrogen and oxygen atoms in total. The van der Waals surface area contributed by atoms with Crippen LogP contribution in [0.3, 0.4) is 0 Å². The van der Waals surface area contributed by atoms with Crippen LogP contribution in [0.4, 0.5) is 27.8 Å². The summed E-state index contributed by atoms with van der Waals surface area (Å²) < 4.78 is 66.4. The number of carbonyl (C=O) groups is 1. The summed E-state index contributed by atoms with van der Waals surface area (Å²) in [6, 6.07) is 6.10. The summed E-state index contributed by atoms with van der Waals surface area (Å²) in [6.45, 7) is 4.00. The Hall–Kier alpha value is -3.30. The first-order chi connectivity index (χ1) is 13.3. The van der Waals surface area contributed by atoms with E-state index < -0.39 is 34.8 Å². The van der Waals surface area contributed by atoms with Crippen molar-refractivity contribution >= 4 is 11.7 Å². The van der Waals surface area contributed by atoms with Crippen LogP contribution in [0.5, 0.6) is 0 Å². The van der Waals surface area contributed by atoms with Gasteiger partial charge in [0.2, 0.25) is 0 Å². The highest BCUT2D eigenvalue weighted by Gasteiger charge is 2.34.